The van der Waals surface area contributed by atoms with Crippen LogP contribution in [-0.4, -0.2) is 21.4 Å². The monoisotopic (exact) mass is 393 g/mol. The van der Waals surface area contributed by atoms with Crippen LogP contribution in [0.2, 0.25) is 0 Å². The summed E-state index contributed by atoms with van der Waals surface area (Å²) in [6.45, 7) is 5.56. The molecule has 5 rings (SSSR count). The maximum Gasteiger partial charge on any atom is 0.119 e. The Morgan fingerprint density at radius 2 is 1.63 bits per heavy atom. The van der Waals surface area contributed by atoms with Crippen molar-refractivity contribution in [1.29, 1.82) is 0 Å². The van der Waals surface area contributed by atoms with Crippen LogP contribution < -0.4 is 4.74 Å². The van der Waals surface area contributed by atoms with E-state index in [1.807, 2.05) is 25.1 Å². The van der Waals surface area contributed by atoms with Gasteiger partial charge in [0.05, 0.1) is 12.1 Å². The number of fused-ring (bicyclic) bond motifs is 3. The van der Waals surface area contributed by atoms with Crippen LogP contribution in [0.5, 0.6) is 5.75 Å². The van der Waals surface area contributed by atoms with Gasteiger partial charge in [0.1, 0.15) is 17.1 Å². The van der Waals surface area contributed by atoms with Crippen molar-refractivity contribution in [3.8, 4) is 28.3 Å². The van der Waals surface area contributed by atoms with Crippen molar-refractivity contribution in [2.24, 2.45) is 0 Å². The Hall–Kier alpha value is -3.66. The number of hydrogen-bond donors (Lipinski definition) is 0. The minimum atomic E-state index is 0.656. The van der Waals surface area contributed by atoms with Gasteiger partial charge in [0.2, 0.25) is 0 Å². The highest BCUT2D eigenvalue weighted by molar-refractivity contribution is 5.98. The van der Waals surface area contributed by atoms with Crippen molar-refractivity contribution in [1.82, 2.24) is 14.8 Å². The van der Waals surface area contributed by atoms with Crippen LogP contribution in [-0.2, 0) is 6.54 Å². The summed E-state index contributed by atoms with van der Waals surface area (Å²) < 4.78 is 7.88. The van der Waals surface area contributed by atoms with Crippen LogP contribution in [0, 0.1) is 6.92 Å². The van der Waals surface area contributed by atoms with E-state index in [9.17, 15) is 0 Å². The molecule has 0 fully saturated rings. The molecule has 30 heavy (non-hydrogen) atoms. The number of aryl methyl sites for hydroxylation is 1. The van der Waals surface area contributed by atoms with Crippen molar-refractivity contribution in [2.45, 2.75) is 20.4 Å². The highest BCUT2D eigenvalue weighted by Crippen LogP contribution is 2.37. The van der Waals surface area contributed by atoms with Crippen LogP contribution in [0.25, 0.3) is 33.4 Å². The molecule has 0 radical (unpaired) electrons. The average molecular weight is 393 g/mol. The van der Waals surface area contributed by atoms with E-state index in [0.717, 1.165) is 45.7 Å². The van der Waals surface area contributed by atoms with Gasteiger partial charge in [0, 0.05) is 29.3 Å². The molecule has 0 unspecified atom stereocenters. The van der Waals surface area contributed by atoms with Gasteiger partial charge in [-0.1, -0.05) is 42.0 Å². The quantitative estimate of drug-likeness (QED) is 0.370. The molecule has 0 spiro atoms. The summed E-state index contributed by atoms with van der Waals surface area (Å²) in [4.78, 5) is 0. The smallest absolute Gasteiger partial charge is 0.119 e. The molecule has 0 bridgehead atoms. The summed E-state index contributed by atoms with van der Waals surface area (Å²) in [6.07, 6.45) is 2.19. The van der Waals surface area contributed by atoms with Crippen molar-refractivity contribution >= 4 is 10.9 Å². The normalized spacial score (nSPS) is 11.3. The first kappa shape index (κ1) is 18.4. The Kier molecular flexibility index (Phi) is 4.68. The van der Waals surface area contributed by atoms with Crippen molar-refractivity contribution in [3.63, 3.8) is 0 Å². The van der Waals surface area contributed by atoms with Gasteiger partial charge in [-0.15, -0.1) is 10.2 Å². The Labute approximate surface area is 176 Å². The zero-order valence-corrected chi connectivity index (χ0v) is 17.2. The van der Waals surface area contributed by atoms with Crippen LogP contribution in [0.3, 0.4) is 0 Å². The van der Waals surface area contributed by atoms with Gasteiger partial charge < -0.3 is 9.30 Å². The van der Waals surface area contributed by atoms with Crippen molar-refractivity contribution in [3.05, 3.63) is 90.1 Å². The van der Waals surface area contributed by atoms with E-state index < -0.39 is 0 Å². The molecule has 0 aliphatic carbocycles. The third-order valence-corrected chi connectivity index (χ3v) is 5.40. The summed E-state index contributed by atoms with van der Waals surface area (Å²) in [5.41, 5.74) is 7.59. The van der Waals surface area contributed by atoms with E-state index in [0.29, 0.717) is 6.61 Å². The van der Waals surface area contributed by atoms with Crippen molar-refractivity contribution in [2.75, 3.05) is 6.61 Å². The molecule has 2 aliphatic heterocycles. The van der Waals surface area contributed by atoms with Gasteiger partial charge in [-0.3, -0.25) is 0 Å². The van der Waals surface area contributed by atoms with E-state index in [4.69, 9.17) is 4.74 Å². The molecule has 0 N–H and O–H groups in total. The van der Waals surface area contributed by atoms with Crippen LogP contribution in [0.4, 0.5) is 0 Å². The predicted octanol–water partition coefficient (Wildman–Crippen LogP) is 5.96. The first-order valence-corrected chi connectivity index (χ1v) is 10.3. The van der Waals surface area contributed by atoms with E-state index in [-0.39, 0.29) is 0 Å². The molecule has 4 nitrogen and oxygen atoms in total. The van der Waals surface area contributed by atoms with Gasteiger partial charge in [0.15, 0.2) is 0 Å². The summed E-state index contributed by atoms with van der Waals surface area (Å²) in [6, 6.07) is 25.1. The largest absolute Gasteiger partial charge is 0.494 e. The molecule has 0 aromatic heterocycles. The van der Waals surface area contributed by atoms with E-state index in [1.54, 1.807) is 0 Å². The Bertz CT molecular complexity index is 1270. The minimum absolute atomic E-state index is 0.656. The number of nitrogens with zero attached hydrogens (tertiary/aromatic N) is 3. The van der Waals surface area contributed by atoms with Crippen LogP contribution >= 0.6 is 0 Å². The predicted molar refractivity (Wildman–Crippen MR) is 121 cm³/mol. The number of aromatic nitrogens is 3. The zero-order chi connectivity index (χ0) is 20.5. The molecule has 0 amide bonds. The lowest BCUT2D eigenvalue weighted by atomic mass is 10.0. The molecule has 0 atom stereocenters. The summed E-state index contributed by atoms with van der Waals surface area (Å²) in [7, 11) is 0. The third-order valence-electron chi connectivity index (χ3n) is 5.40. The van der Waals surface area contributed by atoms with Crippen LogP contribution in [0.15, 0.2) is 79.0 Å². The maximum atomic E-state index is 5.58. The Morgan fingerprint density at radius 1 is 0.867 bits per heavy atom. The van der Waals surface area contributed by atoms with Gasteiger partial charge >= 0.3 is 0 Å². The second-order valence-corrected chi connectivity index (χ2v) is 7.53. The number of rotatable bonds is 5. The highest BCUT2D eigenvalue weighted by atomic mass is 16.5. The molecule has 3 aromatic rings. The molecule has 0 saturated carbocycles. The Morgan fingerprint density at radius 3 is 2.40 bits per heavy atom. The fraction of sp³-hybridized carbons (Fsp3) is 0.154. The number of ether oxygens (including phenoxy) is 1. The van der Waals surface area contributed by atoms with Crippen LogP contribution in [0.1, 0.15) is 18.1 Å². The molecule has 2 heterocycles. The molecule has 3 aromatic carbocycles. The molecule has 4 heteroatoms. The molecule has 148 valence electrons. The molecule has 2 aliphatic rings. The first-order valence-electron chi connectivity index (χ1n) is 10.3. The number of pyridine rings is 1. The lowest BCUT2D eigenvalue weighted by Crippen LogP contribution is -2.04. The van der Waals surface area contributed by atoms with E-state index >= 15 is 0 Å². The summed E-state index contributed by atoms with van der Waals surface area (Å²) in [5, 5.41) is 10.3. The van der Waals surface area contributed by atoms with Gasteiger partial charge in [-0.2, -0.15) is 0 Å². The highest BCUT2D eigenvalue weighted by Gasteiger charge is 2.20. The minimum Gasteiger partial charge on any atom is -0.494 e. The van der Waals surface area contributed by atoms with E-state index in [1.165, 1.54) is 11.1 Å². The lowest BCUT2D eigenvalue weighted by molar-refractivity contribution is 0.340. The second-order valence-electron chi connectivity index (χ2n) is 7.53. The maximum absolute atomic E-state index is 5.58. The van der Waals surface area contributed by atoms with Crippen molar-refractivity contribution < 1.29 is 4.74 Å². The summed E-state index contributed by atoms with van der Waals surface area (Å²) >= 11 is 0. The lowest BCUT2D eigenvalue weighted by Gasteiger charge is -2.16. The number of benzene rings is 3. The fourth-order valence-electron chi connectivity index (χ4n) is 3.96. The van der Waals surface area contributed by atoms with Gasteiger partial charge in [-0.05, 0) is 55.8 Å². The molecule has 0 saturated heterocycles. The average Bonchev–Trinajstić information content (AvgIpc) is 3.19. The zero-order valence-electron chi connectivity index (χ0n) is 17.2. The molecular weight excluding hydrogens is 370 g/mol. The first-order chi connectivity index (χ1) is 14.7. The SMILES string of the molecule is CCOc1ccc(-c2nnc3c4cc(C)ccc4n(Cc4ccccc4)cc2-3)cc1. The second kappa shape index (κ2) is 7.64. The fourth-order valence-corrected chi connectivity index (χ4v) is 3.96. The van der Waals surface area contributed by atoms with E-state index in [2.05, 4.69) is 82.5 Å². The van der Waals surface area contributed by atoms with Gasteiger partial charge in [-0.25, -0.2) is 0 Å². The summed E-state index contributed by atoms with van der Waals surface area (Å²) in [5.74, 6) is 0.866. The topological polar surface area (TPSA) is 39.9 Å². The third kappa shape index (κ3) is 3.30. The standard InChI is InChI=1S/C26H23N3O/c1-3-30-21-12-10-20(11-13-21)25-23-17-29(16-19-7-5-4-6-8-19)24-14-9-18(2)15-22(24)26(23)28-27-25/h4-15,17H,3,16H2,1-2H3. The van der Waals surface area contributed by atoms with Gasteiger partial charge in [0.25, 0.3) is 0 Å². The Balaban J connectivity index is 1.68. The molecular formula is C26H23N3O. The number of hydrogen-bond acceptors (Lipinski definition) is 3.